The minimum atomic E-state index is -3.50. The maximum Gasteiger partial charge on any atom is 0.222 e. The second-order valence-electron chi connectivity index (χ2n) is 16.6. The third-order valence-corrected chi connectivity index (χ3v) is 14.6. The largest absolute Gasteiger partial charge is 0.341 e. The molecule has 1 unspecified atom stereocenters. The summed E-state index contributed by atoms with van der Waals surface area (Å²) < 4.78 is 57.0. The Morgan fingerprint density at radius 3 is 1.48 bits per heavy atom. The van der Waals surface area contributed by atoms with Gasteiger partial charge in [0.1, 0.15) is 11.6 Å². The van der Waals surface area contributed by atoms with E-state index in [-0.39, 0.29) is 33.9 Å². The number of hydrogen-bond acceptors (Lipinski definition) is 10. The number of aromatic nitrogens is 8. The molecule has 338 valence electrons. The second kappa shape index (κ2) is 17.2. The fourth-order valence-corrected chi connectivity index (χ4v) is 11.1. The molecule has 4 aromatic heterocycles. The molecule has 2 saturated heterocycles. The molecule has 20 heteroatoms. The summed E-state index contributed by atoms with van der Waals surface area (Å²) in [4.78, 5) is 37.6. The van der Waals surface area contributed by atoms with E-state index in [1.54, 1.807) is 40.6 Å². The number of rotatable bonds is 9. The van der Waals surface area contributed by atoms with Crippen molar-refractivity contribution in [2.45, 2.75) is 68.3 Å². The van der Waals surface area contributed by atoms with Crippen LogP contribution in [0.4, 0.5) is 0 Å². The predicted octanol–water partition coefficient (Wildman–Crippen LogP) is 6.96. The Balaban J connectivity index is 0.000000164. The van der Waals surface area contributed by atoms with Gasteiger partial charge in [-0.1, -0.05) is 54.4 Å². The van der Waals surface area contributed by atoms with Crippen molar-refractivity contribution >= 4 is 98.6 Å². The zero-order valence-electron chi connectivity index (χ0n) is 36.1. The van der Waals surface area contributed by atoms with Gasteiger partial charge in [-0.3, -0.25) is 19.0 Å². The number of benzene rings is 4. The first-order valence-electron chi connectivity index (χ1n) is 21.2. The molecule has 0 N–H and O–H groups in total. The van der Waals surface area contributed by atoms with Crippen molar-refractivity contribution in [3.05, 3.63) is 107 Å². The second-order valence-corrected chi connectivity index (χ2v) is 21.3. The molecule has 8 aromatic rings. The summed E-state index contributed by atoms with van der Waals surface area (Å²) in [5.41, 5.74) is 4.83. The summed E-state index contributed by atoms with van der Waals surface area (Å²) in [6.07, 6.45) is 4.45. The van der Waals surface area contributed by atoms with E-state index in [0.29, 0.717) is 66.5 Å². The van der Waals surface area contributed by atoms with Crippen LogP contribution in [0.3, 0.4) is 0 Å². The van der Waals surface area contributed by atoms with E-state index in [4.69, 9.17) is 33.2 Å². The summed E-state index contributed by atoms with van der Waals surface area (Å²) in [5.74, 6) is 1.68. The van der Waals surface area contributed by atoms with E-state index >= 15 is 0 Å². The fraction of sp³-hybridized carbons (Fsp3) is 0.333. The third kappa shape index (κ3) is 8.59. The topological polar surface area (TPSA) is 180 Å². The Kier molecular flexibility index (Phi) is 11.7. The molecule has 0 radical (unpaired) electrons. The number of fused-ring (bicyclic) bond motifs is 4. The molecule has 0 aliphatic carbocycles. The molecular formula is C45H46Cl2N10O6S2. The van der Waals surface area contributed by atoms with Gasteiger partial charge in [0.25, 0.3) is 0 Å². The van der Waals surface area contributed by atoms with Gasteiger partial charge in [-0.05, 0) is 73.5 Å². The number of likely N-dealkylation sites (tertiary alicyclic amines) is 2. The molecule has 2 fully saturated rings. The Bertz CT molecular complexity index is 3410. The van der Waals surface area contributed by atoms with E-state index in [2.05, 4.69) is 19.3 Å². The smallest absolute Gasteiger partial charge is 0.222 e. The quantitative estimate of drug-likeness (QED) is 0.147. The van der Waals surface area contributed by atoms with Crippen LogP contribution in [0.1, 0.15) is 56.8 Å². The van der Waals surface area contributed by atoms with E-state index in [1.165, 1.54) is 6.26 Å². The minimum absolute atomic E-state index is 0.0531. The molecule has 2 amide bonds. The van der Waals surface area contributed by atoms with Gasteiger partial charge in [0.15, 0.2) is 29.7 Å². The van der Waals surface area contributed by atoms with Gasteiger partial charge < -0.3 is 18.9 Å². The maximum atomic E-state index is 12.3. The molecule has 2 aliphatic rings. The Hall–Kier alpha value is -5.82. The van der Waals surface area contributed by atoms with Gasteiger partial charge in [-0.25, -0.2) is 26.8 Å². The Labute approximate surface area is 385 Å². The highest BCUT2D eigenvalue weighted by Gasteiger charge is 2.32. The lowest BCUT2D eigenvalue weighted by atomic mass is 10.2. The summed E-state index contributed by atoms with van der Waals surface area (Å²) in [6, 6.07) is 25.9. The van der Waals surface area contributed by atoms with Gasteiger partial charge >= 0.3 is 0 Å². The molecule has 10 rings (SSSR count). The van der Waals surface area contributed by atoms with E-state index in [0.717, 1.165) is 63.8 Å². The number of carbonyl (C=O) groups excluding carboxylic acids is 2. The lowest BCUT2D eigenvalue weighted by Crippen LogP contribution is -2.28. The number of hydrogen-bond donors (Lipinski definition) is 0. The van der Waals surface area contributed by atoms with Crippen LogP contribution in [0.2, 0.25) is 10.0 Å². The molecular weight excluding hydrogens is 912 g/mol. The normalized spacial score (nSPS) is 16.9. The van der Waals surface area contributed by atoms with Crippen LogP contribution in [0.15, 0.2) is 95.0 Å². The van der Waals surface area contributed by atoms with Crippen molar-refractivity contribution in [2.75, 3.05) is 38.7 Å². The number of sulfone groups is 2. The first kappa shape index (κ1) is 44.4. The molecule has 65 heavy (non-hydrogen) atoms. The summed E-state index contributed by atoms with van der Waals surface area (Å²) >= 11 is 12.4. The zero-order chi connectivity index (χ0) is 45.9. The van der Waals surface area contributed by atoms with Crippen molar-refractivity contribution in [2.24, 2.45) is 0 Å². The highest BCUT2D eigenvalue weighted by Crippen LogP contribution is 2.33. The predicted molar refractivity (Wildman–Crippen MR) is 250 cm³/mol. The lowest BCUT2D eigenvalue weighted by molar-refractivity contribution is -0.130. The van der Waals surface area contributed by atoms with Gasteiger partial charge in [0.05, 0.1) is 58.3 Å². The van der Waals surface area contributed by atoms with Crippen LogP contribution in [0.25, 0.3) is 43.9 Å². The third-order valence-electron chi connectivity index (χ3n) is 12.1. The van der Waals surface area contributed by atoms with Crippen molar-refractivity contribution in [3.63, 3.8) is 0 Å². The van der Waals surface area contributed by atoms with E-state index in [1.807, 2.05) is 77.4 Å². The maximum absolute atomic E-state index is 12.3. The molecule has 4 aromatic carbocycles. The number of para-hydroxylation sites is 2. The van der Waals surface area contributed by atoms with Crippen molar-refractivity contribution < 1.29 is 26.4 Å². The minimum Gasteiger partial charge on any atom is -0.341 e. The molecule has 0 spiro atoms. The number of nitrogens with zero attached hydrogens (tertiary/aromatic N) is 10. The summed E-state index contributed by atoms with van der Waals surface area (Å²) in [5, 5.41) is 11.4. The monoisotopic (exact) mass is 956 g/mol. The molecule has 6 heterocycles. The highest BCUT2D eigenvalue weighted by atomic mass is 35.5. The van der Waals surface area contributed by atoms with E-state index in [9.17, 15) is 26.4 Å². The fourth-order valence-electron chi connectivity index (χ4n) is 9.17. The van der Waals surface area contributed by atoms with Crippen molar-refractivity contribution in [1.82, 2.24) is 48.5 Å². The van der Waals surface area contributed by atoms with Gasteiger partial charge in [0, 0.05) is 72.9 Å². The average Bonchev–Trinajstić information content (AvgIpc) is 4.12. The Morgan fingerprint density at radius 2 is 1.06 bits per heavy atom. The molecule has 2 atom stereocenters. The van der Waals surface area contributed by atoms with Crippen molar-refractivity contribution in [1.29, 1.82) is 0 Å². The highest BCUT2D eigenvalue weighted by molar-refractivity contribution is 7.91. The molecule has 2 aliphatic heterocycles. The lowest BCUT2D eigenvalue weighted by Gasteiger charge is -2.19. The number of imidazole rings is 2. The molecule has 16 nitrogen and oxygen atoms in total. The first-order valence-corrected chi connectivity index (χ1v) is 25.7. The summed E-state index contributed by atoms with van der Waals surface area (Å²) in [6.45, 7) is 6.64. The van der Waals surface area contributed by atoms with Crippen molar-refractivity contribution in [3.8, 4) is 0 Å². The van der Waals surface area contributed by atoms with Gasteiger partial charge in [-0.2, -0.15) is 10.2 Å². The van der Waals surface area contributed by atoms with Crippen LogP contribution >= 0.6 is 23.2 Å². The zero-order valence-corrected chi connectivity index (χ0v) is 39.2. The standard InChI is InChI=1S/C23H24ClN5O3S.C22H22ClN5O3S/c1-3-22(30)27-11-10-16(13-27)29-20-9-8-15(24)12-18(20)25-21(29)14-28-19-7-5-4-6-17(19)23(26-28)33(2,31)32;1-14(29)26-10-9-16(12-26)28-20-8-7-15(23)11-18(20)24-21(28)13-27-19-6-4-3-5-17(19)22(25-27)32(2,30)31/h4-9,12,16H,3,10-11,13-14H2,1-2H3;3-8,11,16H,9-10,12-13H2,1-2H3/t16-;/m1./s1. The molecule has 0 bridgehead atoms. The van der Waals surface area contributed by atoms with Crippen LogP contribution in [-0.2, 0) is 42.4 Å². The number of amides is 2. The molecule has 0 saturated carbocycles. The van der Waals surface area contributed by atoms with Crippen LogP contribution in [0, 0.1) is 0 Å². The van der Waals surface area contributed by atoms with E-state index < -0.39 is 19.7 Å². The SMILES string of the molecule is CC(=O)N1CCC(n2c(Cn3nc(S(C)(=O)=O)c4ccccc43)nc3cc(Cl)ccc32)C1.CCC(=O)N1CC[C@@H](n2c(Cn3nc(S(C)(=O)=O)c4ccccc43)nc3cc(Cl)ccc32)C1. The number of carbonyl (C=O) groups is 2. The van der Waals surface area contributed by atoms with Crippen LogP contribution < -0.4 is 0 Å². The number of halogens is 2. The van der Waals surface area contributed by atoms with Crippen LogP contribution in [0.5, 0.6) is 0 Å². The van der Waals surface area contributed by atoms with Gasteiger partial charge in [-0.15, -0.1) is 0 Å². The summed E-state index contributed by atoms with van der Waals surface area (Å²) in [7, 11) is -6.99. The van der Waals surface area contributed by atoms with Crippen LogP contribution in [-0.4, -0.2) is 116 Å². The first-order chi connectivity index (χ1) is 31.0. The Morgan fingerprint density at radius 1 is 0.631 bits per heavy atom. The van der Waals surface area contributed by atoms with Gasteiger partial charge in [0.2, 0.25) is 11.8 Å². The average molecular weight is 958 g/mol.